The maximum atomic E-state index is 12.1. The Morgan fingerprint density at radius 2 is 2.35 bits per heavy atom. The summed E-state index contributed by atoms with van der Waals surface area (Å²) < 4.78 is 0. The molecule has 7 heteroatoms. The molecule has 6 nitrogen and oxygen atoms in total. The molecular weight excluding hydrogens is 242 g/mol. The van der Waals surface area contributed by atoms with Crippen molar-refractivity contribution >= 4 is 23.7 Å². The van der Waals surface area contributed by atoms with E-state index in [4.69, 9.17) is 5.73 Å². The van der Waals surface area contributed by atoms with E-state index in [1.54, 1.807) is 16.7 Å². The third-order valence-corrected chi connectivity index (χ3v) is 3.34. The lowest BCUT2D eigenvalue weighted by Gasteiger charge is -2.23. The number of nitrogens with zero attached hydrogens (tertiary/aromatic N) is 1. The zero-order valence-electron chi connectivity index (χ0n) is 9.89. The molecule has 4 N–H and O–H groups in total. The highest BCUT2D eigenvalue weighted by Gasteiger charge is 2.30. The van der Waals surface area contributed by atoms with Gasteiger partial charge in [-0.1, -0.05) is 0 Å². The molecule has 2 atom stereocenters. The quantitative estimate of drug-likeness (QED) is 0.614. The van der Waals surface area contributed by atoms with Gasteiger partial charge in [-0.3, -0.25) is 4.79 Å². The lowest BCUT2D eigenvalue weighted by Crippen LogP contribution is -2.50. The molecule has 1 aliphatic heterocycles. The first-order valence-corrected chi connectivity index (χ1v) is 6.95. The van der Waals surface area contributed by atoms with Crippen LogP contribution in [0.15, 0.2) is 0 Å². The van der Waals surface area contributed by atoms with Crippen LogP contribution in [0, 0.1) is 0 Å². The van der Waals surface area contributed by atoms with Gasteiger partial charge in [0.25, 0.3) is 0 Å². The van der Waals surface area contributed by atoms with Crippen molar-refractivity contribution in [2.75, 3.05) is 25.1 Å². The summed E-state index contributed by atoms with van der Waals surface area (Å²) in [6.07, 6.45) is 2.63. The van der Waals surface area contributed by atoms with Gasteiger partial charge in [0, 0.05) is 13.1 Å². The van der Waals surface area contributed by atoms with E-state index >= 15 is 0 Å². The first-order chi connectivity index (χ1) is 8.04. The second-order valence-corrected chi connectivity index (χ2v) is 5.05. The lowest BCUT2D eigenvalue weighted by atomic mass is 10.2. The molecule has 3 amide bonds. The van der Waals surface area contributed by atoms with E-state index in [1.807, 2.05) is 6.26 Å². The molecule has 17 heavy (non-hydrogen) atoms. The van der Waals surface area contributed by atoms with Crippen LogP contribution < -0.4 is 11.1 Å². The van der Waals surface area contributed by atoms with Gasteiger partial charge in [-0.2, -0.15) is 11.8 Å². The van der Waals surface area contributed by atoms with Crippen LogP contribution in [-0.2, 0) is 4.79 Å². The second kappa shape index (κ2) is 6.70. The van der Waals surface area contributed by atoms with E-state index < -0.39 is 18.2 Å². The molecule has 0 aliphatic carbocycles. The van der Waals surface area contributed by atoms with Crippen molar-refractivity contribution in [3.05, 3.63) is 0 Å². The minimum atomic E-state index is -0.691. The number of aliphatic hydroxyl groups excluding tert-OH is 1. The molecule has 0 radical (unpaired) electrons. The standard InChI is InChI=1S/C10H19N3O3S/c1-17-5-3-8(12-10(11)16)9(15)13-4-2-7(14)6-13/h7-8,14H,2-6H2,1H3,(H3,11,12,16). The van der Waals surface area contributed by atoms with Gasteiger partial charge < -0.3 is 21.1 Å². The van der Waals surface area contributed by atoms with Crippen molar-refractivity contribution in [2.24, 2.45) is 5.73 Å². The second-order valence-electron chi connectivity index (χ2n) is 4.07. The van der Waals surface area contributed by atoms with E-state index in [1.165, 1.54) is 0 Å². The van der Waals surface area contributed by atoms with E-state index in [0.717, 1.165) is 5.75 Å². The van der Waals surface area contributed by atoms with Gasteiger partial charge in [-0.15, -0.1) is 0 Å². The van der Waals surface area contributed by atoms with Crippen LogP contribution in [0.4, 0.5) is 4.79 Å². The number of β-amino-alcohol motifs (C(OH)–C–C–N with tert-alkyl or cyclic N) is 1. The first kappa shape index (κ1) is 14.1. The fraction of sp³-hybridized carbons (Fsp3) is 0.800. The number of primary amides is 1. The molecule has 0 aromatic carbocycles. The summed E-state index contributed by atoms with van der Waals surface area (Å²) >= 11 is 1.61. The van der Waals surface area contributed by atoms with Crippen molar-refractivity contribution < 1.29 is 14.7 Å². The summed E-state index contributed by atoms with van der Waals surface area (Å²) in [6.45, 7) is 0.880. The van der Waals surface area contributed by atoms with Crippen LogP contribution in [0.1, 0.15) is 12.8 Å². The number of likely N-dealkylation sites (tertiary alicyclic amines) is 1. The Balaban J connectivity index is 2.55. The average Bonchev–Trinajstić information content (AvgIpc) is 2.69. The average molecular weight is 261 g/mol. The Labute approximate surface area is 105 Å². The predicted molar refractivity (Wildman–Crippen MR) is 66.7 cm³/mol. The highest BCUT2D eigenvalue weighted by molar-refractivity contribution is 7.98. The van der Waals surface area contributed by atoms with Crippen molar-refractivity contribution in [3.8, 4) is 0 Å². The number of carbonyl (C=O) groups excluding carboxylic acids is 2. The number of rotatable bonds is 5. The Hall–Kier alpha value is -0.950. The van der Waals surface area contributed by atoms with Crippen molar-refractivity contribution in [1.29, 1.82) is 0 Å². The Kier molecular flexibility index (Phi) is 5.57. The largest absolute Gasteiger partial charge is 0.391 e. The van der Waals surface area contributed by atoms with Crippen LogP contribution in [0.5, 0.6) is 0 Å². The predicted octanol–water partition coefficient (Wildman–Crippen LogP) is -0.630. The summed E-state index contributed by atoms with van der Waals surface area (Å²) in [5.41, 5.74) is 5.05. The van der Waals surface area contributed by atoms with Crippen molar-refractivity contribution in [1.82, 2.24) is 10.2 Å². The molecule has 98 valence electrons. The number of hydrogen-bond acceptors (Lipinski definition) is 4. The number of nitrogens with one attached hydrogen (secondary N) is 1. The van der Waals surface area contributed by atoms with Crippen LogP contribution in [-0.4, -0.2) is 59.2 Å². The Morgan fingerprint density at radius 3 is 2.82 bits per heavy atom. The van der Waals surface area contributed by atoms with Gasteiger partial charge in [-0.05, 0) is 24.9 Å². The Bertz CT molecular complexity index is 288. The van der Waals surface area contributed by atoms with Gasteiger partial charge in [0.1, 0.15) is 6.04 Å². The number of nitrogens with two attached hydrogens (primary N) is 1. The minimum absolute atomic E-state index is 0.158. The molecule has 1 fully saturated rings. The third-order valence-electron chi connectivity index (χ3n) is 2.70. The van der Waals surface area contributed by atoms with Crippen LogP contribution in [0.2, 0.25) is 0 Å². The minimum Gasteiger partial charge on any atom is -0.391 e. The number of hydrogen-bond donors (Lipinski definition) is 3. The number of aliphatic hydroxyl groups is 1. The third kappa shape index (κ3) is 4.43. The van der Waals surface area contributed by atoms with Crippen LogP contribution in [0.25, 0.3) is 0 Å². The number of thioether (sulfide) groups is 1. The highest BCUT2D eigenvalue weighted by atomic mass is 32.2. The van der Waals surface area contributed by atoms with Gasteiger partial charge >= 0.3 is 6.03 Å². The molecule has 1 rings (SSSR count). The van der Waals surface area contributed by atoms with E-state index in [9.17, 15) is 14.7 Å². The molecule has 0 bridgehead atoms. The van der Waals surface area contributed by atoms with Gasteiger partial charge in [0.05, 0.1) is 6.10 Å². The summed E-state index contributed by atoms with van der Waals surface area (Å²) in [5.74, 6) is 0.613. The fourth-order valence-corrected chi connectivity index (χ4v) is 2.30. The first-order valence-electron chi connectivity index (χ1n) is 5.56. The molecule has 0 aromatic heterocycles. The molecule has 1 aliphatic rings. The topological polar surface area (TPSA) is 95.7 Å². The summed E-state index contributed by atoms with van der Waals surface area (Å²) in [6, 6.07) is -1.27. The lowest BCUT2D eigenvalue weighted by molar-refractivity contribution is -0.132. The van der Waals surface area contributed by atoms with Crippen molar-refractivity contribution in [2.45, 2.75) is 25.0 Å². The molecule has 0 spiro atoms. The molecule has 0 aromatic rings. The number of carbonyl (C=O) groups is 2. The number of urea groups is 1. The van der Waals surface area contributed by atoms with E-state index in [-0.39, 0.29) is 5.91 Å². The Morgan fingerprint density at radius 1 is 1.65 bits per heavy atom. The molecule has 0 saturated carbocycles. The molecular formula is C10H19N3O3S. The summed E-state index contributed by atoms with van der Waals surface area (Å²) in [7, 11) is 0. The number of amides is 3. The summed E-state index contributed by atoms with van der Waals surface area (Å²) in [4.78, 5) is 24.5. The highest BCUT2D eigenvalue weighted by Crippen LogP contribution is 2.12. The molecule has 1 saturated heterocycles. The molecule has 2 unspecified atom stereocenters. The summed E-state index contributed by atoms with van der Waals surface area (Å²) in [5, 5.41) is 11.8. The van der Waals surface area contributed by atoms with Gasteiger partial charge in [0.2, 0.25) is 5.91 Å². The van der Waals surface area contributed by atoms with Crippen LogP contribution in [0.3, 0.4) is 0 Å². The monoisotopic (exact) mass is 261 g/mol. The smallest absolute Gasteiger partial charge is 0.312 e. The normalized spacial score (nSPS) is 21.3. The van der Waals surface area contributed by atoms with Gasteiger partial charge in [-0.25, -0.2) is 4.79 Å². The fourth-order valence-electron chi connectivity index (χ4n) is 1.83. The van der Waals surface area contributed by atoms with Crippen molar-refractivity contribution in [3.63, 3.8) is 0 Å². The maximum absolute atomic E-state index is 12.1. The molecule has 1 heterocycles. The van der Waals surface area contributed by atoms with E-state index in [0.29, 0.717) is 25.9 Å². The SMILES string of the molecule is CSCCC(NC(N)=O)C(=O)N1CCC(O)C1. The van der Waals surface area contributed by atoms with E-state index in [2.05, 4.69) is 5.32 Å². The van der Waals surface area contributed by atoms with Gasteiger partial charge in [0.15, 0.2) is 0 Å². The van der Waals surface area contributed by atoms with Crippen LogP contribution >= 0.6 is 11.8 Å². The zero-order chi connectivity index (χ0) is 12.8. The zero-order valence-corrected chi connectivity index (χ0v) is 10.7. The maximum Gasteiger partial charge on any atom is 0.312 e.